The maximum atomic E-state index is 13.8. The second-order valence-electron chi connectivity index (χ2n) is 9.06. The third-order valence-electron chi connectivity index (χ3n) is 7.01. The van der Waals surface area contributed by atoms with Gasteiger partial charge < -0.3 is 34.7 Å². The minimum Gasteiger partial charge on any atom is -0.502 e. The highest BCUT2D eigenvalue weighted by molar-refractivity contribution is 6.01. The number of allylic oxidation sites excluding steroid dienone is 1. The number of anilines is 2. The van der Waals surface area contributed by atoms with Gasteiger partial charge in [0.2, 0.25) is 12.5 Å². The quantitative estimate of drug-likeness (QED) is 0.468. The van der Waals surface area contributed by atoms with Crippen molar-refractivity contribution in [3.05, 3.63) is 77.0 Å². The van der Waals surface area contributed by atoms with Crippen molar-refractivity contribution in [2.45, 2.75) is 24.8 Å². The predicted octanol–water partition coefficient (Wildman–Crippen LogP) is 5.12. The number of hydrogen-bond donors (Lipinski definition) is 3. The van der Waals surface area contributed by atoms with Crippen LogP contribution in [-0.2, 0) is 4.79 Å². The van der Waals surface area contributed by atoms with Gasteiger partial charge in [-0.15, -0.1) is 0 Å². The van der Waals surface area contributed by atoms with E-state index < -0.39 is 6.04 Å². The second-order valence-corrected chi connectivity index (χ2v) is 9.06. The zero-order valence-corrected chi connectivity index (χ0v) is 20.0. The maximum absolute atomic E-state index is 13.8. The lowest BCUT2D eigenvalue weighted by Gasteiger charge is -2.30. The first-order valence-corrected chi connectivity index (χ1v) is 11.8. The van der Waals surface area contributed by atoms with Crippen LogP contribution in [0.2, 0.25) is 0 Å². The number of para-hydroxylation sites is 2. The number of phenolic OH excluding ortho intramolecular Hbond substituents is 1. The first kappa shape index (κ1) is 22.2. The molecular formula is C28H26N2O6. The van der Waals surface area contributed by atoms with Gasteiger partial charge in [-0.05, 0) is 59.9 Å². The molecule has 3 aromatic carbocycles. The van der Waals surface area contributed by atoms with E-state index in [0.717, 1.165) is 33.9 Å². The lowest BCUT2D eigenvalue weighted by Crippen LogP contribution is -2.27. The van der Waals surface area contributed by atoms with Crippen molar-refractivity contribution in [1.82, 2.24) is 0 Å². The molecule has 0 radical (unpaired) electrons. The molecule has 0 spiro atoms. The molecule has 3 aliphatic rings. The van der Waals surface area contributed by atoms with Crippen LogP contribution in [0.15, 0.2) is 65.9 Å². The Morgan fingerprint density at radius 3 is 2.36 bits per heavy atom. The summed E-state index contributed by atoms with van der Waals surface area (Å²) in [5.41, 5.74) is 5.08. The summed E-state index contributed by atoms with van der Waals surface area (Å²) in [7, 11) is 2.98. The van der Waals surface area contributed by atoms with Crippen molar-refractivity contribution < 1.29 is 28.8 Å². The zero-order chi connectivity index (χ0) is 24.8. The van der Waals surface area contributed by atoms with Crippen LogP contribution in [0.4, 0.5) is 11.4 Å². The Morgan fingerprint density at radius 1 is 0.889 bits per heavy atom. The van der Waals surface area contributed by atoms with E-state index in [4.69, 9.17) is 18.9 Å². The molecule has 2 heterocycles. The number of carbonyl (C=O) groups excluding carboxylic acids is 1. The van der Waals surface area contributed by atoms with Crippen LogP contribution in [-0.4, -0.2) is 31.9 Å². The van der Waals surface area contributed by atoms with Gasteiger partial charge in [-0.3, -0.25) is 4.79 Å². The molecule has 0 amide bonds. The molecule has 0 saturated carbocycles. The standard InChI is InChI=1S/C28H26N2O6/c1-33-24-12-17(13-25(34-2)28(24)32)27-26-20(29-18-5-3-4-6-19(18)30-27)9-16(10-21(26)31)15-7-8-22-23(11-15)36-14-35-22/h3-8,11-13,16,27,29-30,32H,9-10,14H2,1-2H3. The van der Waals surface area contributed by atoms with Gasteiger partial charge in [-0.25, -0.2) is 0 Å². The Labute approximate surface area is 208 Å². The van der Waals surface area contributed by atoms with Gasteiger partial charge in [-0.2, -0.15) is 0 Å². The van der Waals surface area contributed by atoms with E-state index in [1.54, 1.807) is 12.1 Å². The molecule has 8 heteroatoms. The number of ether oxygens (including phenoxy) is 4. The van der Waals surface area contributed by atoms with E-state index in [9.17, 15) is 9.90 Å². The summed E-state index contributed by atoms with van der Waals surface area (Å²) in [6, 6.07) is 16.8. The van der Waals surface area contributed by atoms with Crippen molar-refractivity contribution in [1.29, 1.82) is 0 Å². The lowest BCUT2D eigenvalue weighted by molar-refractivity contribution is -0.116. The Morgan fingerprint density at radius 2 is 1.61 bits per heavy atom. The number of carbonyl (C=O) groups is 1. The second kappa shape index (κ2) is 8.71. The van der Waals surface area contributed by atoms with Crippen LogP contribution in [0.3, 0.4) is 0 Å². The normalized spacial score (nSPS) is 20.0. The third-order valence-corrected chi connectivity index (χ3v) is 7.01. The van der Waals surface area contributed by atoms with Gasteiger partial charge in [0.1, 0.15) is 0 Å². The molecule has 6 rings (SSSR count). The number of phenols is 1. The molecule has 3 N–H and O–H groups in total. The molecule has 0 aromatic heterocycles. The fourth-order valence-corrected chi connectivity index (χ4v) is 5.23. The Kier molecular flexibility index (Phi) is 5.36. The summed E-state index contributed by atoms with van der Waals surface area (Å²) in [6.07, 6.45) is 1.01. The maximum Gasteiger partial charge on any atom is 0.231 e. The number of fused-ring (bicyclic) bond motifs is 2. The molecule has 36 heavy (non-hydrogen) atoms. The summed E-state index contributed by atoms with van der Waals surface area (Å²) in [5.74, 6) is 1.95. The fraction of sp³-hybridized carbons (Fsp3) is 0.250. The fourth-order valence-electron chi connectivity index (χ4n) is 5.23. The largest absolute Gasteiger partial charge is 0.502 e. The molecule has 1 aliphatic carbocycles. The molecule has 0 saturated heterocycles. The van der Waals surface area contributed by atoms with Crippen molar-refractivity contribution in [2.75, 3.05) is 31.6 Å². The minimum atomic E-state index is -0.468. The van der Waals surface area contributed by atoms with E-state index in [1.807, 2.05) is 42.5 Å². The number of Topliss-reactive ketones (excluding diaryl/α,β-unsaturated/α-hetero) is 1. The molecule has 184 valence electrons. The van der Waals surface area contributed by atoms with Crippen LogP contribution in [0, 0.1) is 0 Å². The average molecular weight is 487 g/mol. The first-order valence-electron chi connectivity index (χ1n) is 11.8. The highest BCUT2D eigenvalue weighted by atomic mass is 16.7. The molecule has 0 fully saturated rings. The number of benzene rings is 3. The van der Waals surface area contributed by atoms with E-state index in [0.29, 0.717) is 24.2 Å². The van der Waals surface area contributed by atoms with Crippen molar-refractivity contribution >= 4 is 17.2 Å². The van der Waals surface area contributed by atoms with E-state index >= 15 is 0 Å². The Bertz CT molecular complexity index is 1370. The van der Waals surface area contributed by atoms with Crippen LogP contribution in [0.25, 0.3) is 0 Å². The molecular weight excluding hydrogens is 460 g/mol. The van der Waals surface area contributed by atoms with Gasteiger partial charge in [0.25, 0.3) is 0 Å². The highest BCUT2D eigenvalue weighted by Crippen LogP contribution is 2.47. The van der Waals surface area contributed by atoms with Crippen molar-refractivity contribution in [3.8, 4) is 28.7 Å². The average Bonchev–Trinajstić information content (AvgIpc) is 3.29. The van der Waals surface area contributed by atoms with Crippen LogP contribution in [0.5, 0.6) is 28.7 Å². The van der Waals surface area contributed by atoms with Crippen LogP contribution < -0.4 is 29.6 Å². The Hall–Kier alpha value is -4.33. The Balaban J connectivity index is 1.46. The topological polar surface area (TPSA) is 98.3 Å². The number of methoxy groups -OCH3 is 2. The zero-order valence-electron chi connectivity index (χ0n) is 20.0. The predicted molar refractivity (Wildman–Crippen MR) is 134 cm³/mol. The monoisotopic (exact) mass is 486 g/mol. The molecule has 8 nitrogen and oxygen atoms in total. The summed E-state index contributed by atoms with van der Waals surface area (Å²) in [5, 5.41) is 17.5. The lowest BCUT2D eigenvalue weighted by atomic mass is 9.78. The molecule has 2 atom stereocenters. The third kappa shape index (κ3) is 3.66. The number of hydrogen-bond acceptors (Lipinski definition) is 8. The number of rotatable bonds is 4. The number of aromatic hydroxyl groups is 1. The summed E-state index contributed by atoms with van der Waals surface area (Å²) >= 11 is 0. The highest BCUT2D eigenvalue weighted by Gasteiger charge is 2.37. The van der Waals surface area contributed by atoms with Crippen LogP contribution in [0.1, 0.15) is 35.9 Å². The number of ketones is 1. The van der Waals surface area contributed by atoms with E-state index in [1.165, 1.54) is 14.2 Å². The smallest absolute Gasteiger partial charge is 0.231 e. The molecule has 3 aromatic rings. The van der Waals surface area contributed by atoms with Gasteiger partial charge in [0.05, 0.1) is 31.6 Å². The van der Waals surface area contributed by atoms with Gasteiger partial charge in [0.15, 0.2) is 28.8 Å². The van der Waals surface area contributed by atoms with Gasteiger partial charge >= 0.3 is 0 Å². The summed E-state index contributed by atoms with van der Waals surface area (Å²) in [6.45, 7) is 0.211. The summed E-state index contributed by atoms with van der Waals surface area (Å²) < 4.78 is 21.8. The molecule has 0 bridgehead atoms. The van der Waals surface area contributed by atoms with Crippen LogP contribution >= 0.6 is 0 Å². The summed E-state index contributed by atoms with van der Waals surface area (Å²) in [4.78, 5) is 13.8. The van der Waals surface area contributed by atoms with Crippen molar-refractivity contribution in [2.24, 2.45) is 0 Å². The molecule has 2 unspecified atom stereocenters. The molecule has 2 aliphatic heterocycles. The minimum absolute atomic E-state index is 0.00643. The first-order chi connectivity index (χ1) is 17.6. The number of nitrogens with one attached hydrogen (secondary N) is 2. The van der Waals surface area contributed by atoms with Crippen molar-refractivity contribution in [3.63, 3.8) is 0 Å². The SMILES string of the molecule is COc1cc(C2Nc3ccccc3NC3=C2C(=O)CC(c2ccc4c(c2)OCO4)C3)cc(OC)c1O. The van der Waals surface area contributed by atoms with Gasteiger partial charge in [0, 0.05) is 17.7 Å². The van der Waals surface area contributed by atoms with E-state index in [-0.39, 0.29) is 35.7 Å². The van der Waals surface area contributed by atoms with E-state index in [2.05, 4.69) is 10.6 Å². The van der Waals surface area contributed by atoms with Gasteiger partial charge in [-0.1, -0.05) is 18.2 Å².